The fourth-order valence-electron chi connectivity index (χ4n) is 3.97. The number of nitrogens with zero attached hydrogens (tertiary/aromatic N) is 2. The van der Waals surface area contributed by atoms with Gasteiger partial charge in [-0.05, 0) is 57.7 Å². The number of piperidine rings is 1. The van der Waals surface area contributed by atoms with Crippen LogP contribution in [0.25, 0.3) is 0 Å². The highest BCUT2D eigenvalue weighted by molar-refractivity contribution is 6.07. The van der Waals surface area contributed by atoms with Crippen LogP contribution in [0.4, 0.5) is 10.5 Å². The Bertz CT molecular complexity index is 899. The van der Waals surface area contributed by atoms with E-state index in [4.69, 9.17) is 9.47 Å². The predicted molar refractivity (Wildman–Crippen MR) is 118 cm³/mol. The van der Waals surface area contributed by atoms with E-state index in [0.717, 1.165) is 12.8 Å². The number of esters is 1. The van der Waals surface area contributed by atoms with Crippen LogP contribution in [0.2, 0.25) is 0 Å². The summed E-state index contributed by atoms with van der Waals surface area (Å²) in [6, 6.07) is 4.42. The Kier molecular flexibility index (Phi) is 7.06. The van der Waals surface area contributed by atoms with Gasteiger partial charge in [-0.3, -0.25) is 24.6 Å². The summed E-state index contributed by atoms with van der Waals surface area (Å²) in [6.45, 7) is 6.86. The van der Waals surface area contributed by atoms with E-state index >= 15 is 0 Å². The van der Waals surface area contributed by atoms with Gasteiger partial charge in [0, 0.05) is 38.0 Å². The number of hydrogen-bond donors (Lipinski definition) is 1. The van der Waals surface area contributed by atoms with Crippen molar-refractivity contribution >= 4 is 29.5 Å². The molecule has 0 unspecified atom stereocenters. The molecular weight excluding hydrogens is 414 g/mol. The molecule has 0 bridgehead atoms. The van der Waals surface area contributed by atoms with E-state index in [0.29, 0.717) is 36.5 Å². The van der Waals surface area contributed by atoms with Crippen LogP contribution >= 0.6 is 0 Å². The molecule has 4 amide bonds. The Labute approximate surface area is 188 Å². The average Bonchev–Trinajstić information content (AvgIpc) is 2.72. The van der Waals surface area contributed by atoms with Gasteiger partial charge in [0.15, 0.2) is 0 Å². The normalized spacial score (nSPS) is 17.8. The maximum Gasteiger partial charge on any atom is 0.328 e. The zero-order valence-electron chi connectivity index (χ0n) is 19.1. The van der Waals surface area contributed by atoms with E-state index in [1.54, 1.807) is 23.1 Å². The molecule has 2 fully saturated rings. The Balaban J connectivity index is 1.65. The number of likely N-dealkylation sites (tertiary alicyclic amines) is 1. The van der Waals surface area contributed by atoms with Crippen molar-refractivity contribution in [2.45, 2.75) is 52.1 Å². The molecular formula is C23H31N3O6. The van der Waals surface area contributed by atoms with Gasteiger partial charge >= 0.3 is 12.0 Å². The number of urea groups is 1. The number of imide groups is 1. The Morgan fingerprint density at radius 1 is 1.12 bits per heavy atom. The number of carbonyl (C=O) groups excluding carboxylic acids is 4. The summed E-state index contributed by atoms with van der Waals surface area (Å²) < 4.78 is 10.8. The van der Waals surface area contributed by atoms with Crippen molar-refractivity contribution < 1.29 is 28.7 Å². The molecule has 2 aliphatic heterocycles. The molecule has 1 aromatic rings. The molecule has 0 aromatic heterocycles. The van der Waals surface area contributed by atoms with E-state index in [2.05, 4.69) is 5.32 Å². The van der Waals surface area contributed by atoms with Crippen molar-refractivity contribution in [2.24, 2.45) is 5.92 Å². The van der Waals surface area contributed by atoms with Crippen molar-refractivity contribution in [1.29, 1.82) is 0 Å². The molecule has 0 saturated carbocycles. The molecule has 9 nitrogen and oxygen atoms in total. The highest BCUT2D eigenvalue weighted by Crippen LogP contribution is 2.32. The van der Waals surface area contributed by atoms with Gasteiger partial charge < -0.3 is 14.4 Å². The van der Waals surface area contributed by atoms with Crippen molar-refractivity contribution in [2.75, 3.05) is 31.6 Å². The maximum absolute atomic E-state index is 13.1. The average molecular weight is 446 g/mol. The second-order valence-corrected chi connectivity index (χ2v) is 9.17. The number of methoxy groups -OCH3 is 1. The van der Waals surface area contributed by atoms with Crippen LogP contribution in [0, 0.1) is 5.92 Å². The molecule has 2 aliphatic rings. The van der Waals surface area contributed by atoms with Crippen LogP contribution < -0.4 is 15.0 Å². The van der Waals surface area contributed by atoms with Crippen molar-refractivity contribution in [3.63, 3.8) is 0 Å². The number of anilines is 1. The molecule has 0 spiro atoms. The molecule has 174 valence electrons. The van der Waals surface area contributed by atoms with Crippen LogP contribution in [0.3, 0.4) is 0 Å². The smallest absolute Gasteiger partial charge is 0.328 e. The minimum absolute atomic E-state index is 0.141. The number of nitrogens with one attached hydrogen (secondary N) is 1. The molecule has 0 radical (unpaired) electrons. The molecule has 2 heterocycles. The van der Waals surface area contributed by atoms with Gasteiger partial charge in [0.2, 0.25) is 5.91 Å². The van der Waals surface area contributed by atoms with Crippen LogP contribution in [0.5, 0.6) is 5.75 Å². The second-order valence-electron chi connectivity index (χ2n) is 9.17. The molecule has 3 rings (SSSR count). The van der Waals surface area contributed by atoms with E-state index in [9.17, 15) is 19.2 Å². The third kappa shape index (κ3) is 5.77. The van der Waals surface area contributed by atoms with Gasteiger partial charge in [0.05, 0.1) is 12.8 Å². The Hall–Kier alpha value is -3.10. The zero-order valence-corrected chi connectivity index (χ0v) is 19.1. The van der Waals surface area contributed by atoms with E-state index in [-0.39, 0.29) is 36.7 Å². The van der Waals surface area contributed by atoms with Gasteiger partial charge in [0.1, 0.15) is 11.4 Å². The second kappa shape index (κ2) is 9.58. The first-order valence-electron chi connectivity index (χ1n) is 10.9. The summed E-state index contributed by atoms with van der Waals surface area (Å²) in [5.41, 5.74) is 0.387. The number of rotatable bonds is 5. The molecule has 9 heteroatoms. The zero-order chi connectivity index (χ0) is 23.5. The minimum Gasteiger partial charge on any atom is -0.495 e. The first-order chi connectivity index (χ1) is 15.1. The summed E-state index contributed by atoms with van der Waals surface area (Å²) in [4.78, 5) is 52.1. The van der Waals surface area contributed by atoms with Crippen molar-refractivity contribution in [3.8, 4) is 5.75 Å². The van der Waals surface area contributed by atoms with Crippen LogP contribution in [0.15, 0.2) is 18.2 Å². The number of benzene rings is 1. The lowest BCUT2D eigenvalue weighted by Crippen LogP contribution is -2.49. The fraction of sp³-hybridized carbons (Fsp3) is 0.565. The largest absolute Gasteiger partial charge is 0.495 e. The number of carbonyl (C=O) groups is 4. The lowest BCUT2D eigenvalue weighted by molar-refractivity contribution is -0.156. The molecule has 1 aromatic carbocycles. The summed E-state index contributed by atoms with van der Waals surface area (Å²) in [5, 5.41) is 2.28. The van der Waals surface area contributed by atoms with Crippen molar-refractivity contribution in [1.82, 2.24) is 10.2 Å². The number of amides is 4. The molecule has 1 N–H and O–H groups in total. The summed E-state index contributed by atoms with van der Waals surface area (Å²) in [6.07, 6.45) is 1.99. The summed E-state index contributed by atoms with van der Waals surface area (Å²) in [5.74, 6) is -0.0396. The maximum atomic E-state index is 13.1. The lowest BCUT2D eigenvalue weighted by atomic mass is 9.93. The first kappa shape index (κ1) is 23.6. The molecule has 0 atom stereocenters. The molecule has 32 heavy (non-hydrogen) atoms. The van der Waals surface area contributed by atoms with Gasteiger partial charge in [-0.15, -0.1) is 0 Å². The highest BCUT2D eigenvalue weighted by Gasteiger charge is 2.30. The van der Waals surface area contributed by atoms with E-state index in [1.165, 1.54) is 12.0 Å². The van der Waals surface area contributed by atoms with Gasteiger partial charge in [-0.25, -0.2) is 4.79 Å². The first-order valence-corrected chi connectivity index (χ1v) is 10.9. The Morgan fingerprint density at radius 3 is 2.41 bits per heavy atom. The van der Waals surface area contributed by atoms with E-state index < -0.39 is 11.6 Å². The minimum atomic E-state index is -0.535. The van der Waals surface area contributed by atoms with Gasteiger partial charge in [-0.2, -0.15) is 0 Å². The van der Waals surface area contributed by atoms with Crippen LogP contribution in [-0.4, -0.2) is 61.1 Å². The monoisotopic (exact) mass is 445 g/mol. The third-order valence-electron chi connectivity index (χ3n) is 5.55. The van der Waals surface area contributed by atoms with Crippen molar-refractivity contribution in [3.05, 3.63) is 23.8 Å². The SMILES string of the molecule is COc1ccc(C(=O)N2CCC(CC(=O)OC(C)(C)C)CC2)cc1N1CCC(=O)NC1=O. The molecule has 0 aliphatic carbocycles. The quantitative estimate of drug-likeness (QED) is 0.699. The van der Waals surface area contributed by atoms with Gasteiger partial charge in [-0.1, -0.05) is 0 Å². The predicted octanol–water partition coefficient (Wildman–Crippen LogP) is 2.73. The van der Waals surface area contributed by atoms with Gasteiger partial charge in [0.25, 0.3) is 5.91 Å². The highest BCUT2D eigenvalue weighted by atomic mass is 16.6. The number of ether oxygens (including phenoxy) is 2. The number of hydrogen-bond acceptors (Lipinski definition) is 6. The lowest BCUT2D eigenvalue weighted by Gasteiger charge is -2.33. The Morgan fingerprint density at radius 2 is 1.81 bits per heavy atom. The van der Waals surface area contributed by atoms with Crippen LogP contribution in [0.1, 0.15) is 56.8 Å². The fourth-order valence-corrected chi connectivity index (χ4v) is 3.97. The topological polar surface area (TPSA) is 105 Å². The third-order valence-corrected chi connectivity index (χ3v) is 5.55. The van der Waals surface area contributed by atoms with E-state index in [1.807, 2.05) is 20.8 Å². The molecule has 2 saturated heterocycles. The van der Waals surface area contributed by atoms with Crippen LogP contribution in [-0.2, 0) is 14.3 Å². The standard InChI is InChI=1S/C23H31N3O6/c1-23(2,3)32-20(28)13-15-7-10-25(11-8-15)21(29)16-5-6-18(31-4)17(14-16)26-12-9-19(27)24-22(26)30/h5-6,14-15H,7-13H2,1-4H3,(H,24,27,30). The summed E-state index contributed by atoms with van der Waals surface area (Å²) in [7, 11) is 1.49. The summed E-state index contributed by atoms with van der Waals surface area (Å²) >= 11 is 0.